The molecule has 1 saturated heterocycles. The molecule has 1 N–H and O–H groups in total. The lowest BCUT2D eigenvalue weighted by Gasteiger charge is -2.31. The zero-order chi connectivity index (χ0) is 13.1. The lowest BCUT2D eigenvalue weighted by molar-refractivity contribution is -0.129. The third-order valence-corrected chi connectivity index (χ3v) is 3.34. The maximum absolute atomic E-state index is 11.9. The predicted octanol–water partition coefficient (Wildman–Crippen LogP) is 1.33. The van der Waals surface area contributed by atoms with Crippen molar-refractivity contribution in [2.45, 2.75) is 32.7 Å². The van der Waals surface area contributed by atoms with Crippen molar-refractivity contribution in [3.05, 3.63) is 23.7 Å². The van der Waals surface area contributed by atoms with Crippen LogP contribution < -0.4 is 5.32 Å². The minimum atomic E-state index is -0.168. The Hall–Kier alpha value is -1.78. The van der Waals surface area contributed by atoms with Gasteiger partial charge in [-0.3, -0.25) is 9.59 Å². The fraction of sp³-hybridized carbons (Fsp3) is 0.538. The summed E-state index contributed by atoms with van der Waals surface area (Å²) >= 11 is 0. The third-order valence-electron chi connectivity index (χ3n) is 3.34. The molecule has 0 aromatic carbocycles. The van der Waals surface area contributed by atoms with Crippen molar-refractivity contribution in [1.82, 2.24) is 10.2 Å². The van der Waals surface area contributed by atoms with E-state index in [2.05, 4.69) is 5.32 Å². The van der Waals surface area contributed by atoms with E-state index < -0.39 is 0 Å². The number of nitrogens with zero attached hydrogens (tertiary/aromatic N) is 1. The molecule has 0 bridgehead atoms. The fourth-order valence-electron chi connectivity index (χ4n) is 2.20. The van der Waals surface area contributed by atoms with Crippen LogP contribution in [0, 0.1) is 6.92 Å². The number of furan rings is 1. The number of amides is 2. The second-order valence-corrected chi connectivity index (χ2v) is 4.69. The van der Waals surface area contributed by atoms with Crippen LogP contribution in [0.5, 0.6) is 0 Å². The summed E-state index contributed by atoms with van der Waals surface area (Å²) in [4.78, 5) is 24.9. The molecule has 5 nitrogen and oxygen atoms in total. The van der Waals surface area contributed by atoms with Crippen LogP contribution >= 0.6 is 0 Å². The van der Waals surface area contributed by atoms with Crippen LogP contribution in [0.25, 0.3) is 0 Å². The first kappa shape index (κ1) is 12.7. The van der Waals surface area contributed by atoms with Gasteiger partial charge >= 0.3 is 0 Å². The Bertz CT molecular complexity index is 445. The Balaban J connectivity index is 1.87. The molecular formula is C13H18N2O3. The van der Waals surface area contributed by atoms with Crippen molar-refractivity contribution >= 4 is 11.8 Å². The summed E-state index contributed by atoms with van der Waals surface area (Å²) in [5.74, 6) is 0.310. The average Bonchev–Trinajstić information content (AvgIpc) is 2.76. The number of carbonyl (C=O) groups excluding carboxylic acids is 2. The van der Waals surface area contributed by atoms with Crippen LogP contribution in [0.15, 0.2) is 16.7 Å². The number of carbonyl (C=O) groups is 2. The van der Waals surface area contributed by atoms with Crippen LogP contribution in [0.1, 0.15) is 35.9 Å². The second-order valence-electron chi connectivity index (χ2n) is 4.69. The van der Waals surface area contributed by atoms with E-state index in [0.717, 1.165) is 18.4 Å². The minimum Gasteiger partial charge on any atom is -0.459 e. The van der Waals surface area contributed by atoms with Gasteiger partial charge in [-0.2, -0.15) is 0 Å². The van der Waals surface area contributed by atoms with Crippen LogP contribution in [-0.2, 0) is 4.79 Å². The summed E-state index contributed by atoms with van der Waals surface area (Å²) in [5.41, 5.74) is 0.841. The maximum Gasteiger partial charge on any atom is 0.287 e. The number of aryl methyl sites for hydroxylation is 1. The van der Waals surface area contributed by atoms with E-state index in [1.807, 2.05) is 6.92 Å². The molecule has 1 aliphatic rings. The molecule has 0 spiro atoms. The number of likely N-dealkylation sites (tertiary alicyclic amines) is 1. The van der Waals surface area contributed by atoms with Gasteiger partial charge in [0.15, 0.2) is 5.76 Å². The SMILES string of the molecule is CC(=O)N1CCC(NC(=O)c2occc2C)CC1. The van der Waals surface area contributed by atoms with E-state index >= 15 is 0 Å². The standard InChI is InChI=1S/C13H18N2O3/c1-9-5-8-18-12(9)13(17)14-11-3-6-15(7-4-11)10(2)16/h5,8,11H,3-4,6-7H2,1-2H3,(H,14,17). The minimum absolute atomic E-state index is 0.0988. The number of hydrogen-bond acceptors (Lipinski definition) is 3. The summed E-state index contributed by atoms with van der Waals surface area (Å²) < 4.78 is 5.15. The molecule has 0 radical (unpaired) electrons. The summed E-state index contributed by atoms with van der Waals surface area (Å²) in [5, 5.41) is 2.95. The van der Waals surface area contributed by atoms with Crippen LogP contribution in [0.2, 0.25) is 0 Å². The topological polar surface area (TPSA) is 62.6 Å². The quantitative estimate of drug-likeness (QED) is 0.861. The van der Waals surface area contributed by atoms with Gasteiger partial charge in [0.25, 0.3) is 5.91 Å². The van der Waals surface area contributed by atoms with Gasteiger partial charge in [0.2, 0.25) is 5.91 Å². The van der Waals surface area contributed by atoms with E-state index in [-0.39, 0.29) is 17.9 Å². The summed E-state index contributed by atoms with van der Waals surface area (Å²) in [6.45, 7) is 4.83. The number of piperidine rings is 1. The molecule has 1 aromatic heterocycles. The first-order valence-electron chi connectivity index (χ1n) is 6.18. The van der Waals surface area contributed by atoms with Gasteiger partial charge in [-0.05, 0) is 25.8 Å². The van der Waals surface area contributed by atoms with E-state index in [1.54, 1.807) is 17.9 Å². The summed E-state index contributed by atoms with van der Waals surface area (Å²) in [6, 6.07) is 1.89. The molecule has 2 rings (SSSR count). The molecule has 0 atom stereocenters. The smallest absolute Gasteiger partial charge is 0.287 e. The first-order valence-corrected chi connectivity index (χ1v) is 6.18. The molecule has 0 saturated carbocycles. The number of rotatable bonds is 2. The Morgan fingerprint density at radius 1 is 1.39 bits per heavy atom. The van der Waals surface area contributed by atoms with E-state index in [9.17, 15) is 9.59 Å². The molecule has 1 aromatic rings. The van der Waals surface area contributed by atoms with E-state index in [0.29, 0.717) is 18.8 Å². The summed E-state index contributed by atoms with van der Waals surface area (Å²) in [6.07, 6.45) is 3.11. The van der Waals surface area contributed by atoms with Gasteiger partial charge in [-0.25, -0.2) is 0 Å². The average molecular weight is 250 g/mol. The van der Waals surface area contributed by atoms with Crippen molar-refractivity contribution in [3.63, 3.8) is 0 Å². The van der Waals surface area contributed by atoms with E-state index in [1.165, 1.54) is 6.26 Å². The molecule has 0 unspecified atom stereocenters. The molecular weight excluding hydrogens is 232 g/mol. The van der Waals surface area contributed by atoms with Crippen molar-refractivity contribution in [2.24, 2.45) is 0 Å². The molecule has 2 amide bonds. The van der Waals surface area contributed by atoms with Gasteiger partial charge in [-0.1, -0.05) is 0 Å². The number of nitrogens with one attached hydrogen (secondary N) is 1. The molecule has 98 valence electrons. The molecule has 18 heavy (non-hydrogen) atoms. The highest BCUT2D eigenvalue weighted by atomic mass is 16.3. The normalized spacial score (nSPS) is 16.7. The first-order chi connectivity index (χ1) is 8.58. The van der Waals surface area contributed by atoms with Crippen molar-refractivity contribution < 1.29 is 14.0 Å². The summed E-state index contributed by atoms with van der Waals surface area (Å²) in [7, 11) is 0. The molecule has 2 heterocycles. The molecule has 0 aliphatic carbocycles. The lowest BCUT2D eigenvalue weighted by atomic mass is 10.0. The zero-order valence-corrected chi connectivity index (χ0v) is 10.7. The van der Waals surface area contributed by atoms with Crippen molar-refractivity contribution in [1.29, 1.82) is 0 Å². The Kier molecular flexibility index (Phi) is 3.69. The Labute approximate surface area is 106 Å². The molecule has 5 heteroatoms. The lowest BCUT2D eigenvalue weighted by Crippen LogP contribution is -2.46. The van der Waals surface area contributed by atoms with Crippen LogP contribution in [-0.4, -0.2) is 35.8 Å². The fourth-order valence-corrected chi connectivity index (χ4v) is 2.20. The highest BCUT2D eigenvalue weighted by Crippen LogP contribution is 2.13. The monoisotopic (exact) mass is 250 g/mol. The van der Waals surface area contributed by atoms with Crippen LogP contribution in [0.3, 0.4) is 0 Å². The highest BCUT2D eigenvalue weighted by Gasteiger charge is 2.23. The second kappa shape index (κ2) is 5.25. The zero-order valence-electron chi connectivity index (χ0n) is 10.7. The van der Waals surface area contributed by atoms with Gasteiger partial charge in [-0.15, -0.1) is 0 Å². The van der Waals surface area contributed by atoms with Crippen molar-refractivity contribution in [2.75, 3.05) is 13.1 Å². The van der Waals surface area contributed by atoms with Gasteiger partial charge in [0, 0.05) is 31.6 Å². The van der Waals surface area contributed by atoms with Gasteiger partial charge < -0.3 is 14.6 Å². The largest absolute Gasteiger partial charge is 0.459 e. The predicted molar refractivity (Wildman–Crippen MR) is 66.2 cm³/mol. The number of hydrogen-bond donors (Lipinski definition) is 1. The highest BCUT2D eigenvalue weighted by molar-refractivity contribution is 5.93. The van der Waals surface area contributed by atoms with Crippen molar-refractivity contribution in [3.8, 4) is 0 Å². The molecule has 1 fully saturated rings. The van der Waals surface area contributed by atoms with E-state index in [4.69, 9.17) is 4.42 Å². The Morgan fingerprint density at radius 2 is 2.06 bits per heavy atom. The molecule has 1 aliphatic heterocycles. The van der Waals surface area contributed by atoms with Gasteiger partial charge in [0.05, 0.1) is 6.26 Å². The van der Waals surface area contributed by atoms with Crippen LogP contribution in [0.4, 0.5) is 0 Å². The van der Waals surface area contributed by atoms with Gasteiger partial charge in [0.1, 0.15) is 0 Å². The third kappa shape index (κ3) is 2.72. The maximum atomic E-state index is 11.9. The Morgan fingerprint density at radius 3 is 2.56 bits per heavy atom.